The van der Waals surface area contributed by atoms with Crippen LogP contribution in [0.15, 0.2) is 35.3 Å². The summed E-state index contributed by atoms with van der Waals surface area (Å²) in [6.45, 7) is 4.64. The number of nitrogens with zero attached hydrogens (tertiary/aromatic N) is 2. The van der Waals surface area contributed by atoms with Gasteiger partial charge in [0.2, 0.25) is 5.91 Å². The monoisotopic (exact) mass is 432 g/mol. The van der Waals surface area contributed by atoms with Gasteiger partial charge in [0.1, 0.15) is 6.54 Å². The summed E-state index contributed by atoms with van der Waals surface area (Å²) in [5, 5.41) is 15.6. The summed E-state index contributed by atoms with van der Waals surface area (Å²) in [6, 6.07) is 9.78. The summed E-state index contributed by atoms with van der Waals surface area (Å²) in [6.07, 6.45) is 0.431. The molecule has 7 heteroatoms. The number of rotatable bonds is 5. The number of nitrogens with one attached hydrogen (secondary N) is 2. The summed E-state index contributed by atoms with van der Waals surface area (Å²) in [5.74, 6) is 0.577. The molecule has 0 saturated carbocycles. The molecule has 2 rings (SSSR count). The van der Waals surface area contributed by atoms with Crippen LogP contribution in [-0.2, 0) is 11.3 Å². The molecule has 0 radical (unpaired) electrons. The van der Waals surface area contributed by atoms with Gasteiger partial charge in [-0.1, -0.05) is 30.3 Å². The first-order valence-electron chi connectivity index (χ1n) is 7.71. The van der Waals surface area contributed by atoms with Gasteiger partial charge in [0.05, 0.1) is 6.10 Å². The number of carbonyl (C=O) groups is 1. The van der Waals surface area contributed by atoms with E-state index in [0.29, 0.717) is 19.0 Å². The van der Waals surface area contributed by atoms with Crippen LogP contribution in [0.3, 0.4) is 0 Å². The van der Waals surface area contributed by atoms with Crippen molar-refractivity contribution in [1.29, 1.82) is 0 Å². The minimum Gasteiger partial charge on any atom is -0.391 e. The quantitative estimate of drug-likeness (QED) is 0.368. The highest BCUT2D eigenvalue weighted by atomic mass is 127. The van der Waals surface area contributed by atoms with Gasteiger partial charge in [0.15, 0.2) is 5.96 Å². The highest BCUT2D eigenvalue weighted by Gasteiger charge is 2.22. The molecule has 1 aromatic carbocycles. The molecule has 1 amide bonds. The van der Waals surface area contributed by atoms with E-state index in [4.69, 9.17) is 0 Å². The van der Waals surface area contributed by atoms with Gasteiger partial charge in [-0.15, -0.1) is 24.0 Å². The van der Waals surface area contributed by atoms with Crippen molar-refractivity contribution < 1.29 is 9.90 Å². The van der Waals surface area contributed by atoms with Gasteiger partial charge in [-0.25, -0.2) is 4.99 Å². The lowest BCUT2D eigenvalue weighted by atomic mass is 10.2. The van der Waals surface area contributed by atoms with Gasteiger partial charge >= 0.3 is 0 Å². The number of hydrogen-bond donors (Lipinski definition) is 3. The van der Waals surface area contributed by atoms with Crippen molar-refractivity contribution in [2.75, 3.05) is 26.2 Å². The van der Waals surface area contributed by atoms with Crippen LogP contribution in [0.5, 0.6) is 0 Å². The van der Waals surface area contributed by atoms with Crippen molar-refractivity contribution >= 4 is 35.8 Å². The second kappa shape index (κ2) is 10.4. The fourth-order valence-electron chi connectivity index (χ4n) is 2.36. The third-order valence-electron chi connectivity index (χ3n) is 3.50. The van der Waals surface area contributed by atoms with Crippen molar-refractivity contribution in [3.63, 3.8) is 0 Å². The number of carbonyl (C=O) groups excluding carboxylic acids is 1. The number of halogens is 1. The number of hydrogen-bond acceptors (Lipinski definition) is 3. The molecule has 1 saturated heterocycles. The molecule has 1 aromatic rings. The van der Waals surface area contributed by atoms with Crippen molar-refractivity contribution in [3.8, 4) is 0 Å². The molecular formula is C16H25IN4O2. The van der Waals surface area contributed by atoms with Crippen molar-refractivity contribution in [3.05, 3.63) is 35.9 Å². The Balaban J connectivity index is 0.00000264. The number of aliphatic imine (C=N–C) groups is 1. The molecule has 1 atom stereocenters. The lowest BCUT2D eigenvalue weighted by molar-refractivity contribution is -0.119. The van der Waals surface area contributed by atoms with E-state index in [1.165, 1.54) is 0 Å². The first-order valence-corrected chi connectivity index (χ1v) is 7.71. The Morgan fingerprint density at radius 3 is 2.70 bits per heavy atom. The maximum absolute atomic E-state index is 11.9. The van der Waals surface area contributed by atoms with Crippen LogP contribution in [0.1, 0.15) is 18.9 Å². The van der Waals surface area contributed by atoms with E-state index in [0.717, 1.165) is 25.1 Å². The average molecular weight is 432 g/mol. The topological polar surface area (TPSA) is 77.0 Å². The normalized spacial score (nSPS) is 17.6. The summed E-state index contributed by atoms with van der Waals surface area (Å²) < 4.78 is 0. The predicted octanol–water partition coefficient (Wildman–Crippen LogP) is 0.953. The third-order valence-corrected chi connectivity index (χ3v) is 3.50. The summed E-state index contributed by atoms with van der Waals surface area (Å²) in [5.41, 5.74) is 1.06. The van der Waals surface area contributed by atoms with E-state index in [2.05, 4.69) is 15.6 Å². The van der Waals surface area contributed by atoms with Crippen LogP contribution in [0.4, 0.5) is 0 Å². The molecule has 1 heterocycles. The van der Waals surface area contributed by atoms with Crippen molar-refractivity contribution in [1.82, 2.24) is 15.5 Å². The minimum absolute atomic E-state index is 0. The Hall–Kier alpha value is -1.35. The number of benzene rings is 1. The van der Waals surface area contributed by atoms with E-state index in [-0.39, 0.29) is 42.5 Å². The van der Waals surface area contributed by atoms with Crippen LogP contribution in [0.25, 0.3) is 0 Å². The molecule has 0 aromatic heterocycles. The average Bonchev–Trinajstić information content (AvgIpc) is 2.96. The number of likely N-dealkylation sites (tertiary alicyclic amines) is 1. The zero-order valence-corrected chi connectivity index (χ0v) is 15.7. The van der Waals surface area contributed by atoms with Crippen molar-refractivity contribution in [2.45, 2.75) is 26.0 Å². The Morgan fingerprint density at radius 1 is 1.35 bits per heavy atom. The Kier molecular flexibility index (Phi) is 8.93. The van der Waals surface area contributed by atoms with Crippen LogP contribution in [-0.4, -0.2) is 54.2 Å². The van der Waals surface area contributed by atoms with Gasteiger partial charge in [-0.05, 0) is 18.9 Å². The van der Waals surface area contributed by atoms with E-state index in [1.54, 1.807) is 0 Å². The molecule has 0 bridgehead atoms. The zero-order valence-electron chi connectivity index (χ0n) is 13.4. The second-order valence-corrected chi connectivity index (χ2v) is 5.32. The third kappa shape index (κ3) is 6.74. The Morgan fingerprint density at radius 2 is 2.09 bits per heavy atom. The van der Waals surface area contributed by atoms with Crippen LogP contribution in [0.2, 0.25) is 0 Å². The lowest BCUT2D eigenvalue weighted by Gasteiger charge is -2.20. The van der Waals surface area contributed by atoms with Crippen LogP contribution >= 0.6 is 24.0 Å². The number of guanidine groups is 1. The van der Waals surface area contributed by atoms with E-state index < -0.39 is 0 Å². The molecule has 3 N–H and O–H groups in total. The number of amides is 1. The lowest BCUT2D eigenvalue weighted by Crippen LogP contribution is -2.41. The highest BCUT2D eigenvalue weighted by Crippen LogP contribution is 2.08. The SMILES string of the molecule is CCNC(=NCC(=O)NCc1ccccc1)N1CC[C@@H](O)C1.I. The molecule has 0 unspecified atom stereocenters. The fourth-order valence-corrected chi connectivity index (χ4v) is 2.36. The molecule has 6 nitrogen and oxygen atoms in total. The number of β-amino-alcohol motifs (C(OH)–C–C–N with tert-alkyl or cyclic N) is 1. The molecule has 23 heavy (non-hydrogen) atoms. The molecule has 0 aliphatic carbocycles. The highest BCUT2D eigenvalue weighted by molar-refractivity contribution is 14.0. The van der Waals surface area contributed by atoms with E-state index in [9.17, 15) is 9.90 Å². The smallest absolute Gasteiger partial charge is 0.242 e. The van der Waals surface area contributed by atoms with Gasteiger partial charge in [0.25, 0.3) is 0 Å². The second-order valence-electron chi connectivity index (χ2n) is 5.32. The maximum atomic E-state index is 11.9. The molecule has 0 spiro atoms. The summed E-state index contributed by atoms with van der Waals surface area (Å²) in [7, 11) is 0. The predicted molar refractivity (Wildman–Crippen MR) is 102 cm³/mol. The van der Waals surface area contributed by atoms with E-state index >= 15 is 0 Å². The molecule has 128 valence electrons. The largest absolute Gasteiger partial charge is 0.391 e. The van der Waals surface area contributed by atoms with E-state index in [1.807, 2.05) is 42.2 Å². The molecule has 1 fully saturated rings. The Bertz CT molecular complexity index is 510. The zero-order chi connectivity index (χ0) is 15.8. The standard InChI is InChI=1S/C16H24N4O2.HI/c1-2-17-16(20-9-8-14(21)12-20)19-11-15(22)18-10-13-6-4-3-5-7-13;/h3-7,14,21H,2,8-12H2,1H3,(H,17,19)(H,18,22);1H/t14-;/m1./s1. The first kappa shape index (κ1) is 19.7. The molecule has 1 aliphatic heterocycles. The van der Waals surface area contributed by atoms with Crippen LogP contribution in [0, 0.1) is 0 Å². The van der Waals surface area contributed by atoms with Gasteiger partial charge in [-0.3, -0.25) is 4.79 Å². The number of aliphatic hydroxyl groups excluding tert-OH is 1. The van der Waals surface area contributed by atoms with Gasteiger partial charge in [0, 0.05) is 26.2 Å². The van der Waals surface area contributed by atoms with Gasteiger partial charge < -0.3 is 20.6 Å². The fraction of sp³-hybridized carbons (Fsp3) is 0.500. The minimum atomic E-state index is -0.309. The summed E-state index contributed by atoms with van der Waals surface area (Å²) >= 11 is 0. The summed E-state index contributed by atoms with van der Waals surface area (Å²) in [4.78, 5) is 18.2. The Labute approximate surface area is 154 Å². The molecule has 1 aliphatic rings. The van der Waals surface area contributed by atoms with Gasteiger partial charge in [-0.2, -0.15) is 0 Å². The van der Waals surface area contributed by atoms with Crippen molar-refractivity contribution in [2.24, 2.45) is 4.99 Å². The number of aliphatic hydroxyl groups is 1. The maximum Gasteiger partial charge on any atom is 0.242 e. The van der Waals surface area contributed by atoms with Crippen LogP contribution < -0.4 is 10.6 Å². The molecular weight excluding hydrogens is 407 g/mol. The first-order chi connectivity index (χ1) is 10.7.